The molecule has 1 atom stereocenters. The summed E-state index contributed by atoms with van der Waals surface area (Å²) in [7, 11) is 1.32. The molecule has 0 aliphatic carbocycles. The maximum atomic E-state index is 14.7. The van der Waals surface area contributed by atoms with Crippen molar-refractivity contribution in [2.45, 2.75) is 64.1 Å². The first-order valence-corrected chi connectivity index (χ1v) is 14.7. The van der Waals surface area contributed by atoms with Gasteiger partial charge >= 0.3 is 18.3 Å². The van der Waals surface area contributed by atoms with Crippen LogP contribution in [0.3, 0.4) is 0 Å². The Kier molecular flexibility index (Phi) is 7.89. The van der Waals surface area contributed by atoms with Crippen LogP contribution in [0.15, 0.2) is 48.7 Å². The molecule has 3 amide bonds. The van der Waals surface area contributed by atoms with Crippen molar-refractivity contribution in [2.75, 3.05) is 36.5 Å². The maximum Gasteiger partial charge on any atom is 0.416 e. The molecular formula is C31H34F4N6O3. The normalized spacial score (nSPS) is 19.2. The lowest BCUT2D eigenvalue weighted by Gasteiger charge is -2.43. The number of halogens is 4. The lowest BCUT2D eigenvalue weighted by Crippen LogP contribution is -2.54. The molecule has 13 heteroatoms. The van der Waals surface area contributed by atoms with Crippen LogP contribution in [0.25, 0.3) is 0 Å². The van der Waals surface area contributed by atoms with E-state index in [9.17, 15) is 27.2 Å². The van der Waals surface area contributed by atoms with Crippen molar-refractivity contribution in [3.05, 3.63) is 76.7 Å². The summed E-state index contributed by atoms with van der Waals surface area (Å²) < 4.78 is 62.9. The fourth-order valence-electron chi connectivity index (χ4n) is 6.54. The fourth-order valence-corrected chi connectivity index (χ4v) is 6.54. The van der Waals surface area contributed by atoms with Gasteiger partial charge in [0.25, 0.3) is 0 Å². The Bertz CT molecular complexity index is 1530. The number of aromatic nitrogens is 2. The van der Waals surface area contributed by atoms with Gasteiger partial charge in [0.15, 0.2) is 5.82 Å². The molecule has 3 aliphatic rings. The van der Waals surface area contributed by atoms with Gasteiger partial charge in [0.2, 0.25) is 0 Å². The Morgan fingerprint density at radius 1 is 1.05 bits per heavy atom. The van der Waals surface area contributed by atoms with Crippen molar-refractivity contribution in [3.8, 4) is 0 Å². The van der Waals surface area contributed by atoms with Crippen molar-refractivity contribution >= 4 is 23.6 Å². The number of rotatable bonds is 6. The SMILES string of the molecule is COC(=O)N1CC[C@@H]1Cn1cc2c(n1)N(Cc1ccccc1C(F)(F)F)C(=O)N(C1CCN(c3c(C)cccc3F)CC1)C2. The van der Waals surface area contributed by atoms with Crippen LogP contribution < -0.4 is 9.80 Å². The van der Waals surface area contributed by atoms with Crippen molar-refractivity contribution in [1.29, 1.82) is 0 Å². The van der Waals surface area contributed by atoms with E-state index in [1.807, 2.05) is 24.1 Å². The first kappa shape index (κ1) is 29.8. The van der Waals surface area contributed by atoms with Gasteiger partial charge in [-0.2, -0.15) is 18.3 Å². The number of piperidine rings is 1. The number of carbonyl (C=O) groups excluding carboxylic acids is 2. The van der Waals surface area contributed by atoms with Crippen LogP contribution in [-0.2, 0) is 30.5 Å². The molecule has 1 aromatic heterocycles. The number of anilines is 2. The van der Waals surface area contributed by atoms with E-state index in [0.29, 0.717) is 56.1 Å². The van der Waals surface area contributed by atoms with E-state index in [0.717, 1.165) is 18.1 Å². The highest BCUT2D eigenvalue weighted by molar-refractivity contribution is 5.94. The summed E-state index contributed by atoms with van der Waals surface area (Å²) in [5, 5.41) is 4.65. The Morgan fingerprint density at radius 3 is 2.45 bits per heavy atom. The van der Waals surface area contributed by atoms with Gasteiger partial charge in [-0.05, 0) is 49.4 Å². The molecular weight excluding hydrogens is 580 g/mol. The van der Waals surface area contributed by atoms with Gasteiger partial charge in [-0.25, -0.2) is 14.0 Å². The molecule has 2 fully saturated rings. The number of aryl methyl sites for hydroxylation is 1. The Labute approximate surface area is 252 Å². The van der Waals surface area contributed by atoms with Crippen molar-refractivity contribution < 1.29 is 31.9 Å². The zero-order chi connectivity index (χ0) is 31.2. The van der Waals surface area contributed by atoms with Crippen LogP contribution in [-0.4, -0.2) is 70.5 Å². The second-order valence-electron chi connectivity index (χ2n) is 11.6. The van der Waals surface area contributed by atoms with E-state index in [2.05, 4.69) is 5.10 Å². The van der Waals surface area contributed by atoms with E-state index in [1.165, 1.54) is 36.3 Å². The van der Waals surface area contributed by atoms with Gasteiger partial charge in [0, 0.05) is 37.4 Å². The number of para-hydroxylation sites is 1. The Balaban J connectivity index is 1.27. The minimum absolute atomic E-state index is 0.0311. The predicted octanol–water partition coefficient (Wildman–Crippen LogP) is 5.80. The second kappa shape index (κ2) is 11.7. The van der Waals surface area contributed by atoms with E-state index in [1.54, 1.807) is 20.5 Å². The highest BCUT2D eigenvalue weighted by Crippen LogP contribution is 2.37. The van der Waals surface area contributed by atoms with Crippen LogP contribution in [0.4, 0.5) is 38.7 Å². The first-order chi connectivity index (χ1) is 21.0. The summed E-state index contributed by atoms with van der Waals surface area (Å²) >= 11 is 0. The van der Waals surface area contributed by atoms with Crippen molar-refractivity contribution in [2.24, 2.45) is 0 Å². The molecule has 0 spiro atoms. The van der Waals surface area contributed by atoms with Crippen LogP contribution >= 0.6 is 0 Å². The number of nitrogens with zero attached hydrogens (tertiary/aromatic N) is 6. The minimum Gasteiger partial charge on any atom is -0.453 e. The lowest BCUT2D eigenvalue weighted by atomic mass is 10.00. The van der Waals surface area contributed by atoms with E-state index >= 15 is 0 Å². The van der Waals surface area contributed by atoms with Gasteiger partial charge in [-0.1, -0.05) is 30.3 Å². The average Bonchev–Trinajstić information content (AvgIpc) is 3.39. The molecule has 6 rings (SSSR count). The van der Waals surface area contributed by atoms with Gasteiger partial charge < -0.3 is 19.4 Å². The van der Waals surface area contributed by atoms with Crippen molar-refractivity contribution in [1.82, 2.24) is 19.6 Å². The monoisotopic (exact) mass is 614 g/mol. The first-order valence-electron chi connectivity index (χ1n) is 14.7. The van der Waals surface area contributed by atoms with Crippen molar-refractivity contribution in [3.63, 3.8) is 0 Å². The molecule has 2 aromatic carbocycles. The summed E-state index contributed by atoms with van der Waals surface area (Å²) in [6.07, 6.45) is -1.30. The van der Waals surface area contributed by atoms with Crippen LogP contribution in [0.1, 0.15) is 41.5 Å². The number of benzene rings is 2. The average molecular weight is 615 g/mol. The van der Waals surface area contributed by atoms with Gasteiger partial charge in [0.1, 0.15) is 5.82 Å². The molecule has 0 unspecified atom stereocenters. The number of ether oxygens (including phenoxy) is 1. The molecule has 44 heavy (non-hydrogen) atoms. The quantitative estimate of drug-likeness (QED) is 0.328. The number of likely N-dealkylation sites (tertiary alicyclic amines) is 1. The Morgan fingerprint density at radius 2 is 1.80 bits per heavy atom. The minimum atomic E-state index is -4.59. The van der Waals surface area contributed by atoms with Gasteiger partial charge in [0.05, 0.1) is 44.0 Å². The van der Waals surface area contributed by atoms with Gasteiger partial charge in [-0.15, -0.1) is 0 Å². The number of amides is 3. The summed E-state index contributed by atoms with van der Waals surface area (Å²) in [4.78, 5) is 32.8. The number of carbonyl (C=O) groups is 2. The van der Waals surface area contributed by atoms with Crippen LogP contribution in [0.5, 0.6) is 0 Å². The molecule has 0 N–H and O–H groups in total. The zero-order valence-corrected chi connectivity index (χ0v) is 24.6. The molecule has 2 saturated heterocycles. The molecule has 3 aliphatic heterocycles. The standard InChI is InChI=1S/C31H34F4N6O3/c1-20-6-5-9-26(32)27(20)37-13-10-23(11-14-37)40-18-22-16-38(19-24-12-15-39(24)30(43)44-2)36-28(22)41(29(40)42)17-21-7-3-4-8-25(21)31(33,34)35/h3-9,16,23-24H,10-15,17-19H2,1-2H3/t24-/m1/s1. The largest absolute Gasteiger partial charge is 0.453 e. The molecule has 0 saturated carbocycles. The summed E-state index contributed by atoms with van der Waals surface area (Å²) in [5.74, 6) is 0.0212. The lowest BCUT2D eigenvalue weighted by molar-refractivity contribution is -0.138. The zero-order valence-electron chi connectivity index (χ0n) is 24.6. The smallest absolute Gasteiger partial charge is 0.416 e. The topological polar surface area (TPSA) is 74.1 Å². The number of fused-ring (bicyclic) bond motifs is 1. The highest BCUT2D eigenvalue weighted by atomic mass is 19.4. The van der Waals surface area contributed by atoms with Crippen LogP contribution in [0, 0.1) is 12.7 Å². The third-order valence-corrected chi connectivity index (χ3v) is 8.90. The van der Waals surface area contributed by atoms with E-state index in [4.69, 9.17) is 4.74 Å². The van der Waals surface area contributed by atoms with Crippen LogP contribution in [0.2, 0.25) is 0 Å². The number of methoxy groups -OCH3 is 1. The molecule has 3 aromatic rings. The molecule has 4 heterocycles. The second-order valence-corrected chi connectivity index (χ2v) is 11.6. The number of hydrogen-bond acceptors (Lipinski definition) is 5. The maximum absolute atomic E-state index is 14.7. The summed E-state index contributed by atoms with van der Waals surface area (Å²) in [6, 6.07) is 9.47. The number of hydrogen-bond donors (Lipinski definition) is 0. The fraction of sp³-hybridized carbons (Fsp3) is 0.452. The third kappa shape index (κ3) is 5.55. The number of alkyl halides is 3. The van der Waals surface area contributed by atoms with Gasteiger partial charge in [-0.3, -0.25) is 9.58 Å². The number of urea groups is 1. The molecule has 9 nitrogen and oxygen atoms in total. The molecule has 234 valence electrons. The third-order valence-electron chi connectivity index (χ3n) is 8.90. The highest BCUT2D eigenvalue weighted by Gasteiger charge is 2.41. The predicted molar refractivity (Wildman–Crippen MR) is 155 cm³/mol. The van der Waals surface area contributed by atoms with E-state index < -0.39 is 23.9 Å². The Hall–Kier alpha value is -4.29. The summed E-state index contributed by atoms with van der Waals surface area (Å²) in [6.45, 7) is 3.80. The molecule has 0 bridgehead atoms. The van der Waals surface area contributed by atoms with E-state index in [-0.39, 0.29) is 36.6 Å². The molecule has 0 radical (unpaired) electrons. The summed E-state index contributed by atoms with van der Waals surface area (Å²) in [5.41, 5.74) is 1.27.